The largest absolute Gasteiger partial charge is 0.349 e. The van der Waals surface area contributed by atoms with Crippen LogP contribution in [0.25, 0.3) is 10.6 Å². The number of H-pyrrole nitrogens is 1. The number of thiazole rings is 1. The van der Waals surface area contributed by atoms with Crippen molar-refractivity contribution in [3.05, 3.63) is 57.9 Å². The number of amides is 1. The van der Waals surface area contributed by atoms with Gasteiger partial charge in [0.05, 0.1) is 11.4 Å². The van der Waals surface area contributed by atoms with Crippen LogP contribution in [0.4, 0.5) is 0 Å². The second kappa shape index (κ2) is 7.19. The molecule has 2 N–H and O–H groups in total. The van der Waals surface area contributed by atoms with Crippen molar-refractivity contribution in [3.8, 4) is 10.6 Å². The van der Waals surface area contributed by atoms with Crippen LogP contribution in [0.15, 0.2) is 30.3 Å². The molecule has 25 heavy (non-hydrogen) atoms. The average Bonchev–Trinajstić information content (AvgIpc) is 3.13. The quantitative estimate of drug-likeness (QED) is 0.732. The standard InChI is InChI=1S/C19H22N4OS/c1-11(8-17-9-12(2)22-23-17)20-18(24)15-6-5-7-16(10-15)19-21-13(3)14(4)25-19/h5-7,9-11H,8H2,1-4H3,(H,20,24)(H,22,23)/t11-/m1/s1. The maximum Gasteiger partial charge on any atom is 0.251 e. The third-order valence-electron chi connectivity index (χ3n) is 4.05. The van der Waals surface area contributed by atoms with Gasteiger partial charge in [-0.05, 0) is 45.9 Å². The fourth-order valence-electron chi connectivity index (χ4n) is 2.64. The highest BCUT2D eigenvalue weighted by Crippen LogP contribution is 2.27. The number of aromatic amines is 1. The number of nitrogens with zero attached hydrogens (tertiary/aromatic N) is 2. The molecule has 1 amide bonds. The Morgan fingerprint density at radius 1 is 1.28 bits per heavy atom. The number of aryl methyl sites for hydroxylation is 3. The van der Waals surface area contributed by atoms with E-state index in [0.29, 0.717) is 12.0 Å². The van der Waals surface area contributed by atoms with E-state index in [1.54, 1.807) is 11.3 Å². The van der Waals surface area contributed by atoms with E-state index < -0.39 is 0 Å². The zero-order valence-electron chi connectivity index (χ0n) is 14.9. The summed E-state index contributed by atoms with van der Waals surface area (Å²) in [5.41, 5.74) is 4.64. The van der Waals surface area contributed by atoms with Crippen LogP contribution in [0.5, 0.6) is 0 Å². The van der Waals surface area contributed by atoms with Crippen molar-refractivity contribution in [1.82, 2.24) is 20.5 Å². The molecule has 3 aromatic rings. The molecule has 0 aliphatic rings. The fourth-order valence-corrected chi connectivity index (χ4v) is 3.55. The minimum absolute atomic E-state index is 0.00297. The Morgan fingerprint density at radius 2 is 2.08 bits per heavy atom. The summed E-state index contributed by atoms with van der Waals surface area (Å²) in [4.78, 5) is 18.3. The van der Waals surface area contributed by atoms with Crippen molar-refractivity contribution in [2.24, 2.45) is 0 Å². The van der Waals surface area contributed by atoms with Gasteiger partial charge in [-0.15, -0.1) is 11.3 Å². The highest BCUT2D eigenvalue weighted by molar-refractivity contribution is 7.15. The minimum atomic E-state index is -0.0772. The number of rotatable bonds is 5. The molecule has 0 unspecified atom stereocenters. The highest BCUT2D eigenvalue weighted by Gasteiger charge is 2.13. The van der Waals surface area contributed by atoms with Crippen LogP contribution in [-0.2, 0) is 6.42 Å². The molecular formula is C19H22N4OS. The van der Waals surface area contributed by atoms with Gasteiger partial charge in [0.1, 0.15) is 5.01 Å². The average molecular weight is 354 g/mol. The molecule has 0 saturated carbocycles. The summed E-state index contributed by atoms with van der Waals surface area (Å²) in [5.74, 6) is -0.0772. The predicted octanol–water partition coefficient (Wildman–Crippen LogP) is 3.82. The van der Waals surface area contributed by atoms with Gasteiger partial charge in [0.2, 0.25) is 0 Å². The number of aromatic nitrogens is 3. The first-order chi connectivity index (χ1) is 11.9. The smallest absolute Gasteiger partial charge is 0.251 e. The van der Waals surface area contributed by atoms with Crippen LogP contribution < -0.4 is 5.32 Å². The molecule has 0 aliphatic carbocycles. The fraction of sp³-hybridized carbons (Fsp3) is 0.316. The van der Waals surface area contributed by atoms with Gasteiger partial charge in [-0.25, -0.2) is 4.98 Å². The Bertz CT molecular complexity index is 877. The molecule has 0 radical (unpaired) electrons. The summed E-state index contributed by atoms with van der Waals surface area (Å²) >= 11 is 1.65. The SMILES string of the molecule is Cc1cc(C[C@@H](C)NC(=O)c2cccc(-c3nc(C)c(C)s3)c2)n[nH]1. The Kier molecular flexibility index (Phi) is 4.99. The number of hydrogen-bond donors (Lipinski definition) is 2. The van der Waals surface area contributed by atoms with E-state index in [9.17, 15) is 4.79 Å². The molecular weight excluding hydrogens is 332 g/mol. The molecule has 1 atom stereocenters. The topological polar surface area (TPSA) is 70.7 Å². The van der Waals surface area contributed by atoms with Gasteiger partial charge in [0.15, 0.2) is 0 Å². The molecule has 1 aromatic carbocycles. The molecule has 2 heterocycles. The molecule has 130 valence electrons. The highest BCUT2D eigenvalue weighted by atomic mass is 32.1. The Hall–Kier alpha value is -2.47. The predicted molar refractivity (Wildman–Crippen MR) is 101 cm³/mol. The van der Waals surface area contributed by atoms with Gasteiger partial charge < -0.3 is 5.32 Å². The van der Waals surface area contributed by atoms with Crippen molar-refractivity contribution in [2.75, 3.05) is 0 Å². The summed E-state index contributed by atoms with van der Waals surface area (Å²) in [7, 11) is 0. The number of carbonyl (C=O) groups is 1. The first-order valence-electron chi connectivity index (χ1n) is 8.28. The lowest BCUT2D eigenvalue weighted by Crippen LogP contribution is -2.34. The van der Waals surface area contributed by atoms with Crippen molar-refractivity contribution >= 4 is 17.2 Å². The maximum atomic E-state index is 12.5. The van der Waals surface area contributed by atoms with Crippen LogP contribution in [0.3, 0.4) is 0 Å². The van der Waals surface area contributed by atoms with E-state index in [1.165, 1.54) is 4.88 Å². The third-order valence-corrected chi connectivity index (χ3v) is 5.17. The minimum Gasteiger partial charge on any atom is -0.349 e. The van der Waals surface area contributed by atoms with Crippen LogP contribution in [0.1, 0.15) is 39.2 Å². The van der Waals surface area contributed by atoms with Gasteiger partial charge in [0, 0.05) is 34.2 Å². The molecule has 0 aliphatic heterocycles. The number of carbonyl (C=O) groups excluding carboxylic acids is 1. The zero-order chi connectivity index (χ0) is 18.0. The van der Waals surface area contributed by atoms with Crippen LogP contribution in [0.2, 0.25) is 0 Å². The number of benzene rings is 1. The zero-order valence-corrected chi connectivity index (χ0v) is 15.7. The number of hydrogen-bond acceptors (Lipinski definition) is 4. The second-order valence-corrected chi connectivity index (χ2v) is 7.57. The molecule has 0 saturated heterocycles. The van der Waals surface area contributed by atoms with Gasteiger partial charge in [-0.2, -0.15) is 5.10 Å². The maximum absolute atomic E-state index is 12.5. The van der Waals surface area contributed by atoms with E-state index in [-0.39, 0.29) is 11.9 Å². The first-order valence-corrected chi connectivity index (χ1v) is 9.10. The second-order valence-electron chi connectivity index (χ2n) is 6.36. The van der Waals surface area contributed by atoms with Crippen molar-refractivity contribution in [1.29, 1.82) is 0 Å². The third kappa shape index (κ3) is 4.14. The Labute approximate surface area is 151 Å². The monoisotopic (exact) mass is 354 g/mol. The van der Waals surface area contributed by atoms with Crippen molar-refractivity contribution in [2.45, 2.75) is 40.2 Å². The molecule has 0 bridgehead atoms. The Morgan fingerprint density at radius 3 is 2.72 bits per heavy atom. The van der Waals surface area contributed by atoms with E-state index in [4.69, 9.17) is 0 Å². The molecule has 0 spiro atoms. The van der Waals surface area contributed by atoms with E-state index in [2.05, 4.69) is 27.4 Å². The lowest BCUT2D eigenvalue weighted by molar-refractivity contribution is 0.0940. The summed E-state index contributed by atoms with van der Waals surface area (Å²) in [6.07, 6.45) is 0.695. The lowest BCUT2D eigenvalue weighted by Gasteiger charge is -2.13. The molecule has 3 rings (SSSR count). The van der Waals surface area contributed by atoms with Crippen molar-refractivity contribution in [3.63, 3.8) is 0 Å². The summed E-state index contributed by atoms with van der Waals surface area (Å²) < 4.78 is 0. The van der Waals surface area contributed by atoms with Crippen LogP contribution >= 0.6 is 11.3 Å². The Balaban J connectivity index is 1.70. The van der Waals surface area contributed by atoms with Gasteiger partial charge in [-0.3, -0.25) is 9.89 Å². The van der Waals surface area contributed by atoms with Crippen LogP contribution in [-0.4, -0.2) is 27.1 Å². The summed E-state index contributed by atoms with van der Waals surface area (Å²) in [6.45, 7) is 8.02. The molecule has 6 heteroatoms. The van der Waals surface area contributed by atoms with Gasteiger partial charge >= 0.3 is 0 Å². The molecule has 0 fully saturated rings. The lowest BCUT2D eigenvalue weighted by atomic mass is 10.1. The molecule has 5 nitrogen and oxygen atoms in total. The van der Waals surface area contributed by atoms with E-state index in [0.717, 1.165) is 27.7 Å². The summed E-state index contributed by atoms with van der Waals surface area (Å²) in [5, 5.41) is 11.1. The van der Waals surface area contributed by atoms with Gasteiger partial charge in [0.25, 0.3) is 5.91 Å². The first kappa shape index (κ1) is 17.4. The van der Waals surface area contributed by atoms with Gasteiger partial charge in [-0.1, -0.05) is 12.1 Å². The van der Waals surface area contributed by atoms with Crippen LogP contribution in [0, 0.1) is 20.8 Å². The van der Waals surface area contributed by atoms with Crippen molar-refractivity contribution < 1.29 is 4.79 Å². The summed E-state index contributed by atoms with van der Waals surface area (Å²) in [6, 6.07) is 9.62. The normalized spacial score (nSPS) is 12.2. The number of nitrogens with one attached hydrogen (secondary N) is 2. The molecule has 2 aromatic heterocycles. The van der Waals surface area contributed by atoms with E-state index >= 15 is 0 Å². The van der Waals surface area contributed by atoms with E-state index in [1.807, 2.05) is 51.1 Å².